The van der Waals surface area contributed by atoms with E-state index in [4.69, 9.17) is 4.74 Å². The molecular formula is C27H31N3O2. The van der Waals surface area contributed by atoms with Crippen LogP contribution in [0.2, 0.25) is 0 Å². The number of hydrogen-bond donors (Lipinski definition) is 1. The Balaban J connectivity index is 1.29. The Hall–Kier alpha value is -3.31. The molecule has 4 rings (SSSR count). The van der Waals surface area contributed by atoms with E-state index in [-0.39, 0.29) is 5.97 Å². The number of rotatable bonds is 7. The van der Waals surface area contributed by atoms with Crippen LogP contribution in [0.25, 0.3) is 0 Å². The largest absolute Gasteiger partial charge is 0.461 e. The maximum absolute atomic E-state index is 12.8. The third kappa shape index (κ3) is 5.29. The molecule has 166 valence electrons. The number of piperazine rings is 1. The molecular weight excluding hydrogens is 398 g/mol. The van der Waals surface area contributed by atoms with Crippen LogP contribution in [0.1, 0.15) is 21.5 Å². The first-order chi connectivity index (χ1) is 15.6. The van der Waals surface area contributed by atoms with E-state index < -0.39 is 0 Å². The van der Waals surface area contributed by atoms with E-state index in [0.29, 0.717) is 12.2 Å². The second-order valence-electron chi connectivity index (χ2n) is 8.22. The number of hydrogen-bond acceptors (Lipinski definition) is 5. The van der Waals surface area contributed by atoms with E-state index in [1.807, 2.05) is 42.5 Å². The van der Waals surface area contributed by atoms with Gasteiger partial charge in [-0.15, -0.1) is 0 Å². The van der Waals surface area contributed by atoms with Crippen molar-refractivity contribution in [1.29, 1.82) is 0 Å². The Labute approximate surface area is 190 Å². The van der Waals surface area contributed by atoms with Gasteiger partial charge in [0.15, 0.2) is 0 Å². The Morgan fingerprint density at radius 2 is 1.53 bits per heavy atom. The Bertz CT molecular complexity index is 1040. The average molecular weight is 430 g/mol. The molecule has 0 saturated carbocycles. The minimum Gasteiger partial charge on any atom is -0.461 e. The van der Waals surface area contributed by atoms with Crippen molar-refractivity contribution in [3.8, 4) is 0 Å². The van der Waals surface area contributed by atoms with E-state index in [9.17, 15) is 4.79 Å². The Morgan fingerprint density at radius 3 is 2.31 bits per heavy atom. The van der Waals surface area contributed by atoms with Gasteiger partial charge in [0.2, 0.25) is 0 Å². The van der Waals surface area contributed by atoms with Gasteiger partial charge in [-0.1, -0.05) is 42.5 Å². The molecule has 5 heteroatoms. The molecule has 0 aromatic heterocycles. The summed E-state index contributed by atoms with van der Waals surface area (Å²) in [6.45, 7) is 9.22. The summed E-state index contributed by atoms with van der Waals surface area (Å²) in [4.78, 5) is 17.6. The van der Waals surface area contributed by atoms with Crippen LogP contribution in [0.4, 0.5) is 17.1 Å². The fourth-order valence-corrected chi connectivity index (χ4v) is 4.02. The standard InChI is InChI=1S/C27H31N3O2/c1-21-9-8-14-25(22(21)2)28-26-13-7-6-12-24(26)27(31)32-20-19-29-15-17-30(18-16-29)23-10-4-3-5-11-23/h3-14,28H,15-20H2,1-2H3. The molecule has 5 nitrogen and oxygen atoms in total. The molecule has 0 unspecified atom stereocenters. The molecule has 0 radical (unpaired) electrons. The van der Waals surface area contributed by atoms with Crippen LogP contribution in [-0.2, 0) is 4.74 Å². The van der Waals surface area contributed by atoms with Crippen molar-refractivity contribution in [2.75, 3.05) is 49.5 Å². The van der Waals surface area contributed by atoms with Crippen molar-refractivity contribution < 1.29 is 9.53 Å². The minimum atomic E-state index is -0.290. The molecule has 0 atom stereocenters. The quantitative estimate of drug-likeness (QED) is 0.534. The van der Waals surface area contributed by atoms with Crippen LogP contribution in [0.3, 0.4) is 0 Å². The fourth-order valence-electron chi connectivity index (χ4n) is 4.02. The number of nitrogens with zero attached hydrogens (tertiary/aromatic N) is 2. The monoisotopic (exact) mass is 429 g/mol. The van der Waals surface area contributed by atoms with Gasteiger partial charge in [-0.25, -0.2) is 4.79 Å². The highest BCUT2D eigenvalue weighted by Gasteiger charge is 2.18. The fraction of sp³-hybridized carbons (Fsp3) is 0.296. The van der Waals surface area contributed by atoms with Crippen molar-refractivity contribution in [3.05, 3.63) is 89.5 Å². The highest BCUT2D eigenvalue weighted by molar-refractivity contribution is 5.96. The summed E-state index contributed by atoms with van der Waals surface area (Å²) in [5, 5.41) is 3.41. The van der Waals surface area contributed by atoms with E-state index in [2.05, 4.69) is 59.3 Å². The number of anilines is 3. The summed E-state index contributed by atoms with van der Waals surface area (Å²) in [6.07, 6.45) is 0. The first-order valence-corrected chi connectivity index (χ1v) is 11.2. The van der Waals surface area contributed by atoms with Crippen LogP contribution in [0.5, 0.6) is 0 Å². The molecule has 0 bridgehead atoms. The second kappa shape index (κ2) is 10.3. The third-order valence-electron chi connectivity index (χ3n) is 6.16. The maximum atomic E-state index is 12.8. The first kappa shape index (κ1) is 21.9. The highest BCUT2D eigenvalue weighted by Crippen LogP contribution is 2.25. The lowest BCUT2D eigenvalue weighted by Gasteiger charge is -2.35. The normalized spacial score (nSPS) is 14.2. The van der Waals surface area contributed by atoms with Gasteiger partial charge in [-0.2, -0.15) is 0 Å². The topological polar surface area (TPSA) is 44.8 Å². The number of benzene rings is 3. The number of carbonyl (C=O) groups is 1. The molecule has 32 heavy (non-hydrogen) atoms. The Morgan fingerprint density at radius 1 is 0.844 bits per heavy atom. The van der Waals surface area contributed by atoms with Crippen LogP contribution >= 0.6 is 0 Å². The molecule has 1 N–H and O–H groups in total. The number of nitrogens with one attached hydrogen (secondary N) is 1. The smallest absolute Gasteiger partial charge is 0.340 e. The molecule has 0 spiro atoms. The van der Waals surface area contributed by atoms with Crippen LogP contribution in [0.15, 0.2) is 72.8 Å². The summed E-state index contributed by atoms with van der Waals surface area (Å²) >= 11 is 0. The number of ether oxygens (including phenoxy) is 1. The summed E-state index contributed by atoms with van der Waals surface area (Å²) in [6, 6.07) is 24.2. The van der Waals surface area contributed by atoms with Crippen molar-refractivity contribution in [1.82, 2.24) is 4.90 Å². The predicted octanol–water partition coefficient (Wildman–Crippen LogP) is 5.03. The maximum Gasteiger partial charge on any atom is 0.340 e. The van der Waals surface area contributed by atoms with Crippen molar-refractivity contribution in [2.24, 2.45) is 0 Å². The van der Waals surface area contributed by atoms with E-state index in [1.54, 1.807) is 0 Å². The SMILES string of the molecule is Cc1cccc(Nc2ccccc2C(=O)OCCN2CCN(c3ccccc3)CC2)c1C. The molecule has 3 aromatic carbocycles. The van der Waals surface area contributed by atoms with Gasteiger partial charge in [0.05, 0.1) is 11.3 Å². The third-order valence-corrected chi connectivity index (χ3v) is 6.16. The summed E-state index contributed by atoms with van der Waals surface area (Å²) in [5.41, 5.74) is 5.98. The highest BCUT2D eigenvalue weighted by atomic mass is 16.5. The van der Waals surface area contributed by atoms with Crippen LogP contribution in [-0.4, -0.2) is 50.2 Å². The summed E-state index contributed by atoms with van der Waals surface area (Å²) in [5.74, 6) is -0.290. The second-order valence-corrected chi connectivity index (χ2v) is 8.22. The van der Waals surface area contributed by atoms with Gasteiger partial charge in [0, 0.05) is 44.1 Å². The van der Waals surface area contributed by atoms with Gasteiger partial charge >= 0.3 is 5.97 Å². The van der Waals surface area contributed by atoms with Crippen molar-refractivity contribution in [2.45, 2.75) is 13.8 Å². The molecule has 3 aromatic rings. The lowest BCUT2D eigenvalue weighted by molar-refractivity contribution is 0.0460. The summed E-state index contributed by atoms with van der Waals surface area (Å²) in [7, 11) is 0. The zero-order valence-electron chi connectivity index (χ0n) is 18.9. The summed E-state index contributed by atoms with van der Waals surface area (Å²) < 4.78 is 5.64. The number of aryl methyl sites for hydroxylation is 1. The molecule has 0 aliphatic carbocycles. The lowest BCUT2D eigenvalue weighted by atomic mass is 10.1. The van der Waals surface area contributed by atoms with Gasteiger partial charge in [0.25, 0.3) is 0 Å². The van der Waals surface area contributed by atoms with Gasteiger partial charge < -0.3 is 15.0 Å². The van der Waals surface area contributed by atoms with E-state index >= 15 is 0 Å². The van der Waals surface area contributed by atoms with Gasteiger partial charge in [-0.05, 0) is 55.3 Å². The number of esters is 1. The zero-order chi connectivity index (χ0) is 22.3. The molecule has 1 saturated heterocycles. The predicted molar refractivity (Wildman–Crippen MR) is 131 cm³/mol. The number of para-hydroxylation sites is 2. The van der Waals surface area contributed by atoms with E-state index in [0.717, 1.165) is 44.1 Å². The molecule has 1 aliphatic heterocycles. The number of carbonyl (C=O) groups excluding carboxylic acids is 1. The molecule has 1 fully saturated rings. The zero-order valence-corrected chi connectivity index (χ0v) is 18.9. The Kier molecular flexibility index (Phi) is 7.07. The first-order valence-electron chi connectivity index (χ1n) is 11.2. The molecule has 1 heterocycles. The van der Waals surface area contributed by atoms with Crippen molar-refractivity contribution >= 4 is 23.0 Å². The van der Waals surface area contributed by atoms with Crippen LogP contribution in [0, 0.1) is 13.8 Å². The van der Waals surface area contributed by atoms with Crippen LogP contribution < -0.4 is 10.2 Å². The molecule has 1 aliphatic rings. The van der Waals surface area contributed by atoms with Gasteiger partial charge in [0.1, 0.15) is 6.61 Å². The molecule has 0 amide bonds. The average Bonchev–Trinajstić information content (AvgIpc) is 2.83. The van der Waals surface area contributed by atoms with Gasteiger partial charge in [-0.3, -0.25) is 4.90 Å². The lowest BCUT2D eigenvalue weighted by Crippen LogP contribution is -2.47. The minimum absolute atomic E-state index is 0.290. The van der Waals surface area contributed by atoms with E-state index in [1.165, 1.54) is 16.8 Å². The van der Waals surface area contributed by atoms with Crippen molar-refractivity contribution in [3.63, 3.8) is 0 Å².